The van der Waals surface area contributed by atoms with Crippen LogP contribution < -0.4 is 5.32 Å². The first-order chi connectivity index (χ1) is 7.59. The maximum absolute atomic E-state index is 3.51. The molecule has 0 aromatic heterocycles. The minimum atomic E-state index is 0.518. The zero-order valence-electron chi connectivity index (χ0n) is 10.7. The molecule has 0 spiro atoms. The summed E-state index contributed by atoms with van der Waals surface area (Å²) in [6.07, 6.45) is 0. The number of nitrogens with zero attached hydrogens (tertiary/aromatic N) is 1. The molecule has 1 aromatic rings. The summed E-state index contributed by atoms with van der Waals surface area (Å²) < 4.78 is 0. The third-order valence-electron chi connectivity index (χ3n) is 3.75. The van der Waals surface area contributed by atoms with Crippen molar-refractivity contribution >= 4 is 0 Å². The van der Waals surface area contributed by atoms with Crippen molar-refractivity contribution < 1.29 is 0 Å². The highest BCUT2D eigenvalue weighted by Crippen LogP contribution is 2.26. The first-order valence-corrected chi connectivity index (χ1v) is 6.09. The SMILES string of the molecule is Cc1ccc(C2CNC[C@@H](C)N2C)c(C)c1. The number of benzene rings is 1. The van der Waals surface area contributed by atoms with Gasteiger partial charge in [-0.15, -0.1) is 0 Å². The van der Waals surface area contributed by atoms with Gasteiger partial charge in [-0.2, -0.15) is 0 Å². The Morgan fingerprint density at radius 3 is 2.69 bits per heavy atom. The van der Waals surface area contributed by atoms with Crippen molar-refractivity contribution in [1.82, 2.24) is 10.2 Å². The molecule has 0 radical (unpaired) electrons. The molecule has 2 rings (SSSR count). The predicted molar refractivity (Wildman–Crippen MR) is 68.8 cm³/mol. The normalized spacial score (nSPS) is 27.0. The van der Waals surface area contributed by atoms with Crippen LogP contribution in [0.4, 0.5) is 0 Å². The zero-order chi connectivity index (χ0) is 11.7. The summed E-state index contributed by atoms with van der Waals surface area (Å²) in [4.78, 5) is 2.48. The number of rotatable bonds is 1. The molecule has 2 heteroatoms. The lowest BCUT2D eigenvalue weighted by Crippen LogP contribution is -2.49. The van der Waals surface area contributed by atoms with E-state index in [0.29, 0.717) is 12.1 Å². The quantitative estimate of drug-likeness (QED) is 0.778. The highest BCUT2D eigenvalue weighted by atomic mass is 15.2. The average molecular weight is 218 g/mol. The Labute approximate surface area is 98.7 Å². The minimum absolute atomic E-state index is 0.518. The zero-order valence-corrected chi connectivity index (χ0v) is 10.7. The van der Waals surface area contributed by atoms with E-state index in [4.69, 9.17) is 0 Å². The fourth-order valence-corrected chi connectivity index (χ4v) is 2.55. The van der Waals surface area contributed by atoms with E-state index in [0.717, 1.165) is 13.1 Å². The highest BCUT2D eigenvalue weighted by molar-refractivity contribution is 5.33. The monoisotopic (exact) mass is 218 g/mol. The predicted octanol–water partition coefficient (Wildman–Crippen LogP) is 2.27. The molecule has 1 aliphatic heterocycles. The molecule has 0 saturated carbocycles. The summed E-state index contributed by atoms with van der Waals surface area (Å²) in [6.45, 7) is 8.81. The molecule has 88 valence electrons. The number of hydrogen-bond donors (Lipinski definition) is 1. The van der Waals surface area contributed by atoms with E-state index in [-0.39, 0.29) is 0 Å². The van der Waals surface area contributed by atoms with Gasteiger partial charge >= 0.3 is 0 Å². The Morgan fingerprint density at radius 1 is 1.25 bits per heavy atom. The van der Waals surface area contributed by atoms with Crippen molar-refractivity contribution in [2.75, 3.05) is 20.1 Å². The van der Waals surface area contributed by atoms with Gasteiger partial charge in [0.15, 0.2) is 0 Å². The lowest BCUT2D eigenvalue weighted by molar-refractivity contribution is 0.141. The molecular formula is C14H22N2. The van der Waals surface area contributed by atoms with Gasteiger partial charge in [0, 0.05) is 25.2 Å². The number of nitrogens with one attached hydrogen (secondary N) is 1. The molecule has 1 heterocycles. The largest absolute Gasteiger partial charge is 0.313 e. The number of likely N-dealkylation sites (N-methyl/N-ethyl adjacent to an activating group) is 1. The van der Waals surface area contributed by atoms with Gasteiger partial charge in [0.05, 0.1) is 0 Å². The van der Waals surface area contributed by atoms with Gasteiger partial charge in [0.25, 0.3) is 0 Å². The highest BCUT2D eigenvalue weighted by Gasteiger charge is 2.26. The van der Waals surface area contributed by atoms with E-state index in [1.54, 1.807) is 0 Å². The van der Waals surface area contributed by atoms with Crippen LogP contribution in [0, 0.1) is 13.8 Å². The van der Waals surface area contributed by atoms with E-state index in [1.165, 1.54) is 16.7 Å². The lowest BCUT2D eigenvalue weighted by atomic mass is 9.96. The topological polar surface area (TPSA) is 15.3 Å². The number of piperazine rings is 1. The molecule has 1 fully saturated rings. The van der Waals surface area contributed by atoms with E-state index in [2.05, 4.69) is 56.2 Å². The van der Waals surface area contributed by atoms with Crippen LogP contribution in [0.3, 0.4) is 0 Å². The average Bonchev–Trinajstić information content (AvgIpc) is 2.23. The molecule has 0 bridgehead atoms. The molecule has 1 aromatic carbocycles. The Kier molecular flexibility index (Phi) is 3.31. The first kappa shape index (κ1) is 11.6. The van der Waals surface area contributed by atoms with Crippen LogP contribution in [-0.2, 0) is 0 Å². The molecule has 2 atom stereocenters. The fraction of sp³-hybridized carbons (Fsp3) is 0.571. The van der Waals surface area contributed by atoms with E-state index < -0.39 is 0 Å². The first-order valence-electron chi connectivity index (χ1n) is 6.09. The van der Waals surface area contributed by atoms with Crippen molar-refractivity contribution in [3.05, 3.63) is 34.9 Å². The molecule has 1 aliphatic rings. The van der Waals surface area contributed by atoms with Crippen molar-refractivity contribution in [2.45, 2.75) is 32.9 Å². The van der Waals surface area contributed by atoms with E-state index in [9.17, 15) is 0 Å². The summed E-state index contributed by atoms with van der Waals surface area (Å²) >= 11 is 0. The maximum atomic E-state index is 3.51. The number of aryl methyl sites for hydroxylation is 2. The summed E-state index contributed by atoms with van der Waals surface area (Å²) in [7, 11) is 2.23. The summed E-state index contributed by atoms with van der Waals surface area (Å²) in [5.74, 6) is 0. The van der Waals surface area contributed by atoms with Gasteiger partial charge in [-0.1, -0.05) is 23.8 Å². The van der Waals surface area contributed by atoms with Crippen LogP contribution in [0.15, 0.2) is 18.2 Å². The van der Waals surface area contributed by atoms with Crippen LogP contribution >= 0.6 is 0 Å². The van der Waals surface area contributed by atoms with Gasteiger partial charge in [-0.25, -0.2) is 0 Å². The van der Waals surface area contributed by atoms with Crippen LogP contribution in [0.25, 0.3) is 0 Å². The van der Waals surface area contributed by atoms with Gasteiger partial charge in [-0.05, 0) is 38.9 Å². The smallest absolute Gasteiger partial charge is 0.0475 e. The van der Waals surface area contributed by atoms with Crippen molar-refractivity contribution in [3.63, 3.8) is 0 Å². The molecule has 0 amide bonds. The summed E-state index contributed by atoms with van der Waals surface area (Å²) in [6, 6.07) is 7.91. The van der Waals surface area contributed by atoms with Crippen molar-refractivity contribution in [3.8, 4) is 0 Å². The second-order valence-electron chi connectivity index (χ2n) is 5.05. The second kappa shape index (κ2) is 4.56. The molecular weight excluding hydrogens is 196 g/mol. The minimum Gasteiger partial charge on any atom is -0.313 e. The molecule has 1 N–H and O–H groups in total. The van der Waals surface area contributed by atoms with E-state index >= 15 is 0 Å². The van der Waals surface area contributed by atoms with Crippen LogP contribution in [0.5, 0.6) is 0 Å². The molecule has 16 heavy (non-hydrogen) atoms. The maximum Gasteiger partial charge on any atom is 0.0475 e. The third-order valence-corrected chi connectivity index (χ3v) is 3.75. The summed E-state index contributed by atoms with van der Waals surface area (Å²) in [5, 5.41) is 3.51. The summed E-state index contributed by atoms with van der Waals surface area (Å²) in [5.41, 5.74) is 4.22. The number of hydrogen-bond acceptors (Lipinski definition) is 2. The van der Waals surface area contributed by atoms with Crippen LogP contribution in [0.1, 0.15) is 29.7 Å². The van der Waals surface area contributed by atoms with E-state index in [1.807, 2.05) is 0 Å². The van der Waals surface area contributed by atoms with Gasteiger partial charge in [0.2, 0.25) is 0 Å². The van der Waals surface area contributed by atoms with Gasteiger partial charge in [0.1, 0.15) is 0 Å². The van der Waals surface area contributed by atoms with Crippen molar-refractivity contribution in [2.24, 2.45) is 0 Å². The van der Waals surface area contributed by atoms with Gasteiger partial charge < -0.3 is 5.32 Å². The molecule has 1 unspecified atom stereocenters. The molecule has 2 nitrogen and oxygen atoms in total. The lowest BCUT2D eigenvalue weighted by Gasteiger charge is -2.39. The Hall–Kier alpha value is -0.860. The second-order valence-corrected chi connectivity index (χ2v) is 5.05. The van der Waals surface area contributed by atoms with Gasteiger partial charge in [-0.3, -0.25) is 4.90 Å². The Morgan fingerprint density at radius 2 is 2.00 bits per heavy atom. The van der Waals surface area contributed by atoms with Crippen molar-refractivity contribution in [1.29, 1.82) is 0 Å². The van der Waals surface area contributed by atoms with Crippen LogP contribution in [-0.4, -0.2) is 31.1 Å². The standard InChI is InChI=1S/C14H22N2/c1-10-5-6-13(11(2)7-10)14-9-15-8-12(3)16(14)4/h5-7,12,14-15H,8-9H2,1-4H3/t12-,14?/m1/s1. The fourth-order valence-electron chi connectivity index (χ4n) is 2.55. The molecule has 0 aliphatic carbocycles. The Bertz CT molecular complexity index is 373. The Balaban J connectivity index is 2.29. The third kappa shape index (κ3) is 2.13. The molecule has 1 saturated heterocycles. The van der Waals surface area contributed by atoms with Crippen LogP contribution in [0.2, 0.25) is 0 Å².